The highest BCUT2D eigenvalue weighted by atomic mass is 19.4. The van der Waals surface area contributed by atoms with E-state index in [-0.39, 0.29) is 17.5 Å². The summed E-state index contributed by atoms with van der Waals surface area (Å²) in [5.74, 6) is -3.28. The Balaban J connectivity index is 1.49. The van der Waals surface area contributed by atoms with Crippen molar-refractivity contribution in [2.75, 3.05) is 11.6 Å². The number of halogens is 3. The molecule has 0 unspecified atom stereocenters. The summed E-state index contributed by atoms with van der Waals surface area (Å²) in [7, 11) is 0. The van der Waals surface area contributed by atoms with Gasteiger partial charge in [0, 0.05) is 5.69 Å². The van der Waals surface area contributed by atoms with Gasteiger partial charge in [0.2, 0.25) is 11.8 Å². The number of rotatable bonds is 4. The number of aryl methyl sites for hydroxylation is 1. The van der Waals surface area contributed by atoms with Crippen LogP contribution in [0.2, 0.25) is 0 Å². The van der Waals surface area contributed by atoms with Crippen LogP contribution in [0.4, 0.5) is 18.9 Å². The molecule has 2 bridgehead atoms. The first-order valence-corrected chi connectivity index (χ1v) is 10.2. The van der Waals surface area contributed by atoms with Gasteiger partial charge >= 0.3 is 12.1 Å². The second-order valence-corrected chi connectivity index (χ2v) is 8.61. The molecule has 1 aromatic rings. The molecule has 2 saturated carbocycles. The molecule has 0 radical (unpaired) electrons. The van der Waals surface area contributed by atoms with E-state index in [1.54, 1.807) is 19.1 Å². The molecule has 8 heteroatoms. The molecule has 1 saturated heterocycles. The molecule has 6 atom stereocenters. The standard InChI is InChI=1S/C22H21F3N2O3/c1-2-11-5-3-4-6-16(11)26(21(30)22(23,24)25)10-27-19(28)17-12-7-8-13(15-9-14(12)15)18(17)20(27)29/h3-8,12-15,17-18H,2,9-10H2,1H3/t12-,13-,14-,15+,17-,18-/m1/s1. The average Bonchev–Trinajstić information content (AvgIpc) is 3.51. The molecule has 1 aliphatic heterocycles. The van der Waals surface area contributed by atoms with E-state index in [1.165, 1.54) is 12.1 Å². The van der Waals surface area contributed by atoms with Crippen molar-refractivity contribution in [1.29, 1.82) is 0 Å². The van der Waals surface area contributed by atoms with E-state index in [0.29, 0.717) is 28.7 Å². The zero-order valence-electron chi connectivity index (χ0n) is 16.3. The fraction of sp³-hybridized carbons (Fsp3) is 0.500. The molecule has 1 heterocycles. The summed E-state index contributed by atoms with van der Waals surface area (Å²) in [5, 5.41) is 0. The number of anilines is 1. The molecule has 0 aromatic heterocycles. The van der Waals surface area contributed by atoms with Crippen LogP contribution in [0, 0.1) is 35.5 Å². The summed E-state index contributed by atoms with van der Waals surface area (Å²) in [6.45, 7) is 1.06. The van der Waals surface area contributed by atoms with Gasteiger partial charge in [-0.3, -0.25) is 24.2 Å². The Bertz CT molecular complexity index is 937. The zero-order chi connectivity index (χ0) is 21.4. The van der Waals surface area contributed by atoms with Crippen LogP contribution in [0.3, 0.4) is 0 Å². The summed E-state index contributed by atoms with van der Waals surface area (Å²) in [4.78, 5) is 40.0. The van der Waals surface area contributed by atoms with Gasteiger partial charge in [0.05, 0.1) is 11.8 Å². The second kappa shape index (κ2) is 6.43. The molecular weight excluding hydrogens is 397 g/mol. The highest BCUT2D eigenvalue weighted by Crippen LogP contribution is 2.65. The molecule has 5 aliphatic rings. The Kier molecular flexibility index (Phi) is 4.14. The van der Waals surface area contributed by atoms with Crippen molar-refractivity contribution in [1.82, 2.24) is 4.90 Å². The minimum absolute atomic E-state index is 0.0267. The highest BCUT2D eigenvalue weighted by molar-refractivity contribution is 6.07. The van der Waals surface area contributed by atoms with Crippen LogP contribution < -0.4 is 4.90 Å². The first-order valence-electron chi connectivity index (χ1n) is 10.2. The normalized spacial score (nSPS) is 33.5. The van der Waals surface area contributed by atoms with Crippen LogP contribution in [0.1, 0.15) is 18.9 Å². The highest BCUT2D eigenvalue weighted by Gasteiger charge is 2.67. The number of imide groups is 1. The van der Waals surface area contributed by atoms with Crippen LogP contribution in [-0.4, -0.2) is 35.5 Å². The van der Waals surface area contributed by atoms with Gasteiger partial charge in [-0.1, -0.05) is 37.3 Å². The number of carbonyl (C=O) groups is 3. The number of amides is 3. The lowest BCUT2D eigenvalue weighted by atomic mass is 9.63. The Hall–Kier alpha value is -2.64. The summed E-state index contributed by atoms with van der Waals surface area (Å²) in [6, 6.07) is 6.27. The van der Waals surface area contributed by atoms with Crippen molar-refractivity contribution in [3.63, 3.8) is 0 Å². The van der Waals surface area contributed by atoms with E-state index in [9.17, 15) is 27.6 Å². The number of likely N-dealkylation sites (tertiary alicyclic amines) is 1. The van der Waals surface area contributed by atoms with Crippen LogP contribution in [0.25, 0.3) is 0 Å². The minimum Gasteiger partial charge on any atom is -0.286 e. The summed E-state index contributed by atoms with van der Waals surface area (Å²) >= 11 is 0. The molecule has 3 fully saturated rings. The molecule has 5 nitrogen and oxygen atoms in total. The molecule has 1 aromatic carbocycles. The molecule has 4 aliphatic carbocycles. The lowest BCUT2D eigenvalue weighted by Gasteiger charge is -2.37. The third kappa shape index (κ3) is 2.65. The first-order chi connectivity index (χ1) is 14.2. The van der Waals surface area contributed by atoms with Gasteiger partial charge in [-0.2, -0.15) is 13.2 Å². The van der Waals surface area contributed by atoms with Crippen LogP contribution in [-0.2, 0) is 20.8 Å². The Morgan fingerprint density at radius 1 is 1.07 bits per heavy atom. The Morgan fingerprint density at radius 2 is 1.63 bits per heavy atom. The predicted octanol–water partition coefficient (Wildman–Crippen LogP) is 3.15. The molecule has 0 N–H and O–H groups in total. The SMILES string of the molecule is CCc1ccccc1N(CN1C(=O)[C@@H]2[C@@H]3C=C[C@H]([C@@H]4C[C@H]34)[C@H]2C1=O)C(=O)C(F)(F)F. The van der Waals surface area contributed by atoms with E-state index in [1.807, 2.05) is 12.2 Å². The summed E-state index contributed by atoms with van der Waals surface area (Å²) in [6.07, 6.45) is 0.280. The Morgan fingerprint density at radius 3 is 2.17 bits per heavy atom. The van der Waals surface area contributed by atoms with Gasteiger partial charge in [-0.15, -0.1) is 0 Å². The fourth-order valence-electron chi connectivity index (χ4n) is 5.78. The number of nitrogens with zero attached hydrogens (tertiary/aromatic N) is 2. The quantitative estimate of drug-likeness (QED) is 0.558. The van der Waals surface area contributed by atoms with Gasteiger partial charge < -0.3 is 0 Å². The lowest BCUT2D eigenvalue weighted by molar-refractivity contribution is -0.171. The van der Waals surface area contributed by atoms with E-state index in [4.69, 9.17) is 0 Å². The van der Waals surface area contributed by atoms with Crippen LogP contribution in [0.5, 0.6) is 0 Å². The monoisotopic (exact) mass is 418 g/mol. The van der Waals surface area contributed by atoms with Gasteiger partial charge in [-0.05, 0) is 48.1 Å². The summed E-state index contributed by atoms with van der Waals surface area (Å²) in [5.41, 5.74) is 0.608. The Labute approximate surface area is 171 Å². The average molecular weight is 418 g/mol. The predicted molar refractivity (Wildman–Crippen MR) is 101 cm³/mol. The molecule has 158 valence electrons. The van der Waals surface area contributed by atoms with E-state index < -0.39 is 42.4 Å². The van der Waals surface area contributed by atoms with Crippen molar-refractivity contribution in [3.8, 4) is 0 Å². The van der Waals surface area contributed by atoms with E-state index in [2.05, 4.69) is 0 Å². The second-order valence-electron chi connectivity index (χ2n) is 8.61. The summed E-state index contributed by atoms with van der Waals surface area (Å²) < 4.78 is 40.2. The number of hydrogen-bond acceptors (Lipinski definition) is 3. The zero-order valence-corrected chi connectivity index (χ0v) is 16.3. The van der Waals surface area contributed by atoms with E-state index in [0.717, 1.165) is 11.3 Å². The number of benzene rings is 1. The number of para-hydroxylation sites is 1. The van der Waals surface area contributed by atoms with Gasteiger partial charge in [0.25, 0.3) is 0 Å². The number of allylic oxidation sites excluding steroid dienone is 2. The topological polar surface area (TPSA) is 57.7 Å². The molecule has 0 spiro atoms. The first kappa shape index (κ1) is 19.3. The maximum Gasteiger partial charge on any atom is 0.471 e. The van der Waals surface area contributed by atoms with Gasteiger partial charge in [0.15, 0.2) is 0 Å². The van der Waals surface area contributed by atoms with Crippen molar-refractivity contribution < 1.29 is 27.6 Å². The van der Waals surface area contributed by atoms with E-state index >= 15 is 0 Å². The molecule has 3 amide bonds. The van der Waals surface area contributed by atoms with Gasteiger partial charge in [0.1, 0.15) is 6.67 Å². The maximum atomic E-state index is 13.4. The van der Waals surface area contributed by atoms with Crippen LogP contribution in [0.15, 0.2) is 36.4 Å². The van der Waals surface area contributed by atoms with Crippen molar-refractivity contribution >= 4 is 23.4 Å². The molecule has 30 heavy (non-hydrogen) atoms. The molecular formula is C22H21F3N2O3. The lowest BCUT2D eigenvalue weighted by Crippen LogP contribution is -2.49. The van der Waals surface area contributed by atoms with Crippen molar-refractivity contribution in [3.05, 3.63) is 42.0 Å². The van der Waals surface area contributed by atoms with Crippen LogP contribution >= 0.6 is 0 Å². The largest absolute Gasteiger partial charge is 0.471 e. The van der Waals surface area contributed by atoms with Crippen molar-refractivity contribution in [2.45, 2.75) is 25.9 Å². The van der Waals surface area contributed by atoms with Gasteiger partial charge in [-0.25, -0.2) is 0 Å². The number of hydrogen-bond donors (Lipinski definition) is 0. The number of alkyl halides is 3. The minimum atomic E-state index is -5.12. The smallest absolute Gasteiger partial charge is 0.286 e. The molecule has 6 rings (SSSR count). The third-order valence-corrected chi connectivity index (χ3v) is 7.19. The maximum absolute atomic E-state index is 13.4. The number of carbonyl (C=O) groups excluding carboxylic acids is 3. The third-order valence-electron chi connectivity index (χ3n) is 7.19. The fourth-order valence-corrected chi connectivity index (χ4v) is 5.78. The van der Waals surface area contributed by atoms with Crippen molar-refractivity contribution in [2.24, 2.45) is 35.5 Å².